The number of hydrogen-bond donors (Lipinski definition) is 1. The second-order valence-electron chi connectivity index (χ2n) is 5.57. The van der Waals surface area contributed by atoms with Gasteiger partial charge < -0.3 is 10.1 Å². The zero-order valence-electron chi connectivity index (χ0n) is 10.2. The minimum atomic E-state index is 0.621. The van der Waals surface area contributed by atoms with Crippen molar-refractivity contribution in [1.29, 1.82) is 0 Å². The fourth-order valence-corrected chi connectivity index (χ4v) is 4.09. The summed E-state index contributed by atoms with van der Waals surface area (Å²) in [5.74, 6) is 2.05. The first-order chi connectivity index (χ1) is 7.30. The average molecular weight is 211 g/mol. The first-order valence-corrected chi connectivity index (χ1v) is 6.44. The lowest BCUT2D eigenvalue weighted by atomic mass is 9.70. The van der Waals surface area contributed by atoms with Crippen LogP contribution in [0.5, 0.6) is 0 Å². The highest BCUT2D eigenvalue weighted by Gasteiger charge is 2.49. The summed E-state index contributed by atoms with van der Waals surface area (Å²) in [6, 6.07) is 0. The molecular formula is C13H25NO. The molecule has 3 unspecified atom stereocenters. The molecule has 0 amide bonds. The van der Waals surface area contributed by atoms with E-state index in [0.717, 1.165) is 18.4 Å². The molecule has 0 aromatic rings. The van der Waals surface area contributed by atoms with Gasteiger partial charge in [-0.25, -0.2) is 0 Å². The Labute approximate surface area is 93.8 Å². The topological polar surface area (TPSA) is 21.3 Å². The normalized spacial score (nSPS) is 38.8. The van der Waals surface area contributed by atoms with Crippen molar-refractivity contribution in [3.05, 3.63) is 0 Å². The van der Waals surface area contributed by atoms with E-state index in [1.54, 1.807) is 0 Å². The molecular weight excluding hydrogens is 186 g/mol. The van der Waals surface area contributed by atoms with Crippen LogP contribution in [0.25, 0.3) is 0 Å². The van der Waals surface area contributed by atoms with E-state index < -0.39 is 0 Å². The van der Waals surface area contributed by atoms with Gasteiger partial charge in [0, 0.05) is 20.3 Å². The molecule has 2 saturated carbocycles. The summed E-state index contributed by atoms with van der Waals surface area (Å²) in [4.78, 5) is 0. The van der Waals surface area contributed by atoms with Crippen LogP contribution in [-0.2, 0) is 4.74 Å². The third-order valence-electron chi connectivity index (χ3n) is 4.65. The number of methoxy groups -OCH3 is 1. The molecule has 0 radical (unpaired) electrons. The molecule has 2 nitrogen and oxygen atoms in total. The molecule has 0 aliphatic heterocycles. The maximum Gasteiger partial charge on any atom is 0.0462 e. The Bertz CT molecular complexity index is 207. The third kappa shape index (κ3) is 2.21. The maximum atomic E-state index is 5.18. The van der Waals surface area contributed by atoms with Crippen LogP contribution in [0.4, 0.5) is 0 Å². The number of nitrogens with one attached hydrogen (secondary N) is 1. The minimum absolute atomic E-state index is 0.621. The van der Waals surface area contributed by atoms with Crippen molar-refractivity contribution >= 4 is 0 Å². The van der Waals surface area contributed by atoms with Gasteiger partial charge in [-0.3, -0.25) is 0 Å². The molecule has 2 heteroatoms. The van der Waals surface area contributed by atoms with Gasteiger partial charge in [0.05, 0.1) is 0 Å². The van der Waals surface area contributed by atoms with E-state index in [1.807, 2.05) is 7.11 Å². The Morgan fingerprint density at radius 1 is 1.40 bits per heavy atom. The van der Waals surface area contributed by atoms with E-state index in [-0.39, 0.29) is 0 Å². The van der Waals surface area contributed by atoms with Crippen molar-refractivity contribution in [3.8, 4) is 0 Å². The molecule has 0 aromatic carbocycles. The number of ether oxygens (including phenoxy) is 1. The van der Waals surface area contributed by atoms with Crippen LogP contribution in [0.3, 0.4) is 0 Å². The lowest BCUT2D eigenvalue weighted by Gasteiger charge is -2.38. The summed E-state index contributed by atoms with van der Waals surface area (Å²) in [5, 5.41) is 3.42. The van der Waals surface area contributed by atoms with Crippen LogP contribution in [0, 0.1) is 17.3 Å². The minimum Gasteiger partial charge on any atom is -0.385 e. The molecule has 2 rings (SSSR count). The molecule has 2 bridgehead atoms. The van der Waals surface area contributed by atoms with Crippen LogP contribution in [0.2, 0.25) is 0 Å². The van der Waals surface area contributed by atoms with Crippen molar-refractivity contribution in [1.82, 2.24) is 5.32 Å². The quantitative estimate of drug-likeness (QED) is 0.681. The van der Waals surface area contributed by atoms with Gasteiger partial charge in [0.1, 0.15) is 0 Å². The highest BCUT2D eigenvalue weighted by atomic mass is 16.5. The van der Waals surface area contributed by atoms with Crippen molar-refractivity contribution in [2.75, 3.05) is 27.3 Å². The molecule has 0 heterocycles. The van der Waals surface area contributed by atoms with Gasteiger partial charge in [-0.1, -0.05) is 6.42 Å². The fourth-order valence-electron chi connectivity index (χ4n) is 4.09. The first kappa shape index (κ1) is 11.4. The van der Waals surface area contributed by atoms with Crippen molar-refractivity contribution < 1.29 is 4.74 Å². The maximum absolute atomic E-state index is 5.18. The fraction of sp³-hybridized carbons (Fsp3) is 1.00. The molecule has 2 aliphatic rings. The largest absolute Gasteiger partial charge is 0.385 e. The number of rotatable bonds is 6. The Kier molecular flexibility index (Phi) is 3.68. The van der Waals surface area contributed by atoms with Crippen LogP contribution < -0.4 is 5.32 Å². The Hall–Kier alpha value is -0.0800. The summed E-state index contributed by atoms with van der Waals surface area (Å²) in [5.41, 5.74) is 0.621. The summed E-state index contributed by atoms with van der Waals surface area (Å²) in [7, 11) is 3.91. The molecule has 2 fully saturated rings. The highest BCUT2D eigenvalue weighted by Crippen LogP contribution is 2.57. The van der Waals surface area contributed by atoms with Gasteiger partial charge in [-0.05, 0) is 56.4 Å². The van der Waals surface area contributed by atoms with Gasteiger partial charge in [0.15, 0.2) is 0 Å². The summed E-state index contributed by atoms with van der Waals surface area (Å²) in [6.45, 7) is 2.15. The smallest absolute Gasteiger partial charge is 0.0462 e. The predicted molar refractivity (Wildman–Crippen MR) is 62.9 cm³/mol. The van der Waals surface area contributed by atoms with E-state index >= 15 is 0 Å². The Morgan fingerprint density at radius 2 is 2.27 bits per heavy atom. The first-order valence-electron chi connectivity index (χ1n) is 6.44. The Balaban J connectivity index is 1.92. The zero-order valence-corrected chi connectivity index (χ0v) is 10.2. The zero-order chi connectivity index (χ0) is 10.7. The van der Waals surface area contributed by atoms with Crippen molar-refractivity contribution in [2.24, 2.45) is 17.3 Å². The van der Waals surface area contributed by atoms with E-state index in [4.69, 9.17) is 4.74 Å². The van der Waals surface area contributed by atoms with E-state index in [0.29, 0.717) is 5.41 Å². The van der Waals surface area contributed by atoms with E-state index in [9.17, 15) is 0 Å². The lowest BCUT2D eigenvalue weighted by Crippen LogP contribution is -2.37. The second-order valence-corrected chi connectivity index (χ2v) is 5.57. The molecule has 1 N–H and O–H groups in total. The van der Waals surface area contributed by atoms with Gasteiger partial charge in [0.25, 0.3) is 0 Å². The molecule has 15 heavy (non-hydrogen) atoms. The second kappa shape index (κ2) is 4.84. The summed E-state index contributed by atoms with van der Waals surface area (Å²) >= 11 is 0. The molecule has 0 saturated heterocycles. The highest BCUT2D eigenvalue weighted by molar-refractivity contribution is 5.01. The van der Waals surface area contributed by atoms with Gasteiger partial charge in [0.2, 0.25) is 0 Å². The van der Waals surface area contributed by atoms with Crippen LogP contribution in [-0.4, -0.2) is 27.3 Å². The number of hydrogen-bond acceptors (Lipinski definition) is 2. The predicted octanol–water partition coefficient (Wildman–Crippen LogP) is 2.44. The summed E-state index contributed by atoms with van der Waals surface area (Å²) in [6.07, 6.45) is 8.57. The Morgan fingerprint density at radius 3 is 2.80 bits per heavy atom. The molecule has 2 aliphatic carbocycles. The van der Waals surface area contributed by atoms with Gasteiger partial charge in [-0.15, -0.1) is 0 Å². The van der Waals surface area contributed by atoms with Crippen LogP contribution >= 0.6 is 0 Å². The number of fused-ring (bicyclic) bond motifs is 2. The average Bonchev–Trinajstić information content (AvgIpc) is 2.79. The molecule has 0 aromatic heterocycles. The monoisotopic (exact) mass is 211 g/mol. The van der Waals surface area contributed by atoms with Gasteiger partial charge >= 0.3 is 0 Å². The van der Waals surface area contributed by atoms with E-state index in [1.165, 1.54) is 45.1 Å². The van der Waals surface area contributed by atoms with Crippen LogP contribution in [0.15, 0.2) is 0 Å². The third-order valence-corrected chi connectivity index (χ3v) is 4.65. The van der Waals surface area contributed by atoms with Gasteiger partial charge in [-0.2, -0.15) is 0 Å². The van der Waals surface area contributed by atoms with Crippen molar-refractivity contribution in [2.45, 2.75) is 38.5 Å². The van der Waals surface area contributed by atoms with E-state index in [2.05, 4.69) is 12.4 Å². The standard InChI is InChI=1S/C13H25NO/c1-14-10-13(6-3-7-15-2)9-11-4-5-12(13)8-11/h11-12,14H,3-10H2,1-2H3. The lowest BCUT2D eigenvalue weighted by molar-refractivity contribution is 0.117. The molecule has 0 spiro atoms. The van der Waals surface area contributed by atoms with Crippen molar-refractivity contribution in [3.63, 3.8) is 0 Å². The molecule has 3 atom stereocenters. The van der Waals surface area contributed by atoms with Crippen LogP contribution in [0.1, 0.15) is 38.5 Å². The SMILES string of the molecule is CNCC1(CCCOC)CC2CCC1C2. The summed E-state index contributed by atoms with van der Waals surface area (Å²) < 4.78 is 5.18. The molecule has 88 valence electrons.